The molecule has 12 rings (SSSR count). The maximum absolute atomic E-state index is 14.9. The summed E-state index contributed by atoms with van der Waals surface area (Å²) < 4.78 is 62.5. The molecule has 20 heteroatoms. The first-order valence-electron chi connectivity index (χ1n) is 26.9. The van der Waals surface area contributed by atoms with Crippen molar-refractivity contribution in [2.24, 2.45) is 16.7 Å². The smallest absolute Gasteiger partial charge is 0.312 e. The molecule has 3 aromatic heterocycles. The Labute approximate surface area is 443 Å². The number of aromatic nitrogens is 3. The predicted octanol–water partition coefficient (Wildman–Crippen LogP) is 9.08. The van der Waals surface area contributed by atoms with Gasteiger partial charge in [0.05, 0.1) is 40.4 Å². The zero-order valence-electron chi connectivity index (χ0n) is 44.1. The summed E-state index contributed by atoms with van der Waals surface area (Å²) in [5, 5.41) is 25.7. The molecule has 2 aromatic carbocycles. The number of halogens is 1. The summed E-state index contributed by atoms with van der Waals surface area (Å²) in [6.45, 7) is 12.5. The zero-order chi connectivity index (χ0) is 53.4. The molecule has 1 atom stereocenters. The van der Waals surface area contributed by atoms with Gasteiger partial charge in [-0.1, -0.05) is 38.1 Å². The van der Waals surface area contributed by atoms with Crippen molar-refractivity contribution in [3.8, 4) is 17.4 Å². The number of ether oxygens (including phenoxy) is 3. The third-order valence-electron chi connectivity index (χ3n) is 18.0. The summed E-state index contributed by atoms with van der Waals surface area (Å²) in [6, 6.07) is 17.0. The first-order chi connectivity index (χ1) is 36.3. The van der Waals surface area contributed by atoms with Crippen LogP contribution in [0.15, 0.2) is 71.9 Å². The van der Waals surface area contributed by atoms with Gasteiger partial charge in [0, 0.05) is 95.1 Å². The lowest BCUT2D eigenvalue weighted by Crippen LogP contribution is -2.71. The van der Waals surface area contributed by atoms with E-state index in [1.54, 1.807) is 19.1 Å². The van der Waals surface area contributed by atoms with E-state index in [1.165, 1.54) is 49.6 Å². The number of hydrogen-bond acceptors (Lipinski definition) is 15. The van der Waals surface area contributed by atoms with Crippen molar-refractivity contribution in [3.05, 3.63) is 99.6 Å². The number of carbonyl (C=O) groups is 1. The molecular weight excluding hydrogens is 994 g/mol. The molecule has 5 aliphatic carbocycles. The topological polar surface area (TPSA) is 218 Å². The summed E-state index contributed by atoms with van der Waals surface area (Å²) in [7, 11) is -1.50. The van der Waals surface area contributed by atoms with Crippen LogP contribution >= 0.6 is 0 Å². The fourth-order valence-electron chi connectivity index (χ4n) is 13.8. The number of sulfonamides is 1. The lowest BCUT2D eigenvalue weighted by Gasteiger charge is -2.70. The van der Waals surface area contributed by atoms with Gasteiger partial charge in [-0.05, 0) is 123 Å². The Hall–Kier alpha value is -5.93. The van der Waals surface area contributed by atoms with Crippen LogP contribution in [0.3, 0.4) is 0 Å². The van der Waals surface area contributed by atoms with E-state index in [0.717, 1.165) is 89.1 Å². The number of nitrogens with one attached hydrogen (secondary N) is 3. The van der Waals surface area contributed by atoms with Crippen molar-refractivity contribution in [3.63, 3.8) is 0 Å². The lowest BCUT2D eigenvalue weighted by molar-refractivity contribution is -0.384. The normalized spacial score (nSPS) is 26.7. The minimum Gasteiger partial charge on any atom is -0.478 e. The number of pyridine rings is 2. The molecule has 1 spiro atoms. The molecule has 406 valence electrons. The van der Waals surface area contributed by atoms with Gasteiger partial charge in [-0.15, -0.1) is 0 Å². The summed E-state index contributed by atoms with van der Waals surface area (Å²) in [6.07, 6.45) is 12.5. The Bertz CT molecular complexity index is 3120. The van der Waals surface area contributed by atoms with Crippen LogP contribution in [0.4, 0.5) is 21.6 Å². The average molecular weight is 1060 g/mol. The Morgan fingerprint density at radius 1 is 1.00 bits per heavy atom. The second kappa shape index (κ2) is 19.8. The molecule has 2 saturated heterocycles. The number of nitrogens with zero attached hydrogens (tertiary/aromatic N) is 6. The zero-order valence-corrected chi connectivity index (χ0v) is 44.9. The summed E-state index contributed by atoms with van der Waals surface area (Å²) in [4.78, 5) is 44.2. The third kappa shape index (κ3) is 9.99. The van der Waals surface area contributed by atoms with Crippen LogP contribution in [0.5, 0.6) is 17.4 Å². The van der Waals surface area contributed by atoms with E-state index in [9.17, 15) is 32.8 Å². The van der Waals surface area contributed by atoms with Crippen LogP contribution in [-0.4, -0.2) is 126 Å². The number of piperazine rings is 1. The van der Waals surface area contributed by atoms with Crippen LogP contribution in [0.2, 0.25) is 0 Å². The number of aliphatic hydroxyl groups is 1. The van der Waals surface area contributed by atoms with Gasteiger partial charge in [-0.3, -0.25) is 24.7 Å². The number of fused-ring (bicyclic) bond motifs is 1. The first kappa shape index (κ1) is 52.1. The van der Waals surface area contributed by atoms with E-state index in [2.05, 4.69) is 77.8 Å². The van der Waals surface area contributed by atoms with Crippen LogP contribution in [0.1, 0.15) is 125 Å². The van der Waals surface area contributed by atoms with E-state index >= 15 is 0 Å². The second-order valence-electron chi connectivity index (χ2n) is 23.6. The van der Waals surface area contributed by atoms with Gasteiger partial charge in [-0.25, -0.2) is 22.5 Å². The monoisotopic (exact) mass is 1060 g/mol. The maximum atomic E-state index is 14.9. The minimum absolute atomic E-state index is 0.00782. The number of rotatable bonds is 17. The van der Waals surface area contributed by atoms with Crippen molar-refractivity contribution in [2.45, 2.75) is 125 Å². The summed E-state index contributed by atoms with van der Waals surface area (Å²) >= 11 is 0. The van der Waals surface area contributed by atoms with E-state index in [-0.39, 0.29) is 56.7 Å². The van der Waals surface area contributed by atoms with Gasteiger partial charge in [-0.2, -0.15) is 4.98 Å². The maximum Gasteiger partial charge on any atom is 0.312 e. The highest BCUT2D eigenvalue weighted by molar-refractivity contribution is 7.90. The molecule has 7 aliphatic rings. The Morgan fingerprint density at radius 2 is 1.74 bits per heavy atom. The molecule has 4 N–H and O–H groups in total. The van der Waals surface area contributed by atoms with Crippen molar-refractivity contribution in [2.75, 3.05) is 70.2 Å². The van der Waals surface area contributed by atoms with E-state index < -0.39 is 42.9 Å². The van der Waals surface area contributed by atoms with Crippen molar-refractivity contribution < 1.29 is 41.8 Å². The number of methoxy groups -OCH3 is 2. The second-order valence-corrected chi connectivity index (χ2v) is 25.3. The largest absolute Gasteiger partial charge is 0.478 e. The van der Waals surface area contributed by atoms with Gasteiger partial charge < -0.3 is 34.5 Å². The number of hydrogen-bond donors (Lipinski definition) is 4. The van der Waals surface area contributed by atoms with Gasteiger partial charge in [0.15, 0.2) is 5.75 Å². The number of carbonyl (C=O) groups excluding carboxylic acids is 1. The number of amides is 1. The fraction of sp³-hybridized carbons (Fsp3) is 0.554. The van der Waals surface area contributed by atoms with Crippen LogP contribution in [0, 0.1) is 32.7 Å². The molecule has 2 aliphatic heterocycles. The van der Waals surface area contributed by atoms with Gasteiger partial charge in [0.1, 0.15) is 22.1 Å². The molecule has 1 amide bonds. The minimum atomic E-state index is -4.74. The number of piperidine rings is 1. The predicted molar refractivity (Wildman–Crippen MR) is 285 cm³/mol. The quantitative estimate of drug-likeness (QED) is 0.0504. The molecule has 76 heavy (non-hydrogen) atoms. The molecule has 5 heterocycles. The van der Waals surface area contributed by atoms with Crippen molar-refractivity contribution >= 4 is 44.2 Å². The molecular formula is C56H70FN9O9S. The molecule has 7 fully saturated rings. The van der Waals surface area contributed by atoms with E-state index in [1.807, 2.05) is 7.11 Å². The fourth-order valence-corrected chi connectivity index (χ4v) is 14.7. The number of benzene rings is 2. The van der Waals surface area contributed by atoms with E-state index in [0.29, 0.717) is 55.6 Å². The number of H-pyrrole nitrogens is 1. The number of anilines is 2. The Balaban J connectivity index is 0.799. The standard InChI is InChI=1S/C56H70FN9O9S/c1-35(2)40-8-6-7-9-41(40)46-30-63(34-55-31-56(32-55,33-55)74-5)20-21-65(46)38-25-54(26-38)16-18-64(19-17-54)37-10-11-42(47(22-37)75-48-24-43-44(57)29-60-49(43)61-52(48)73-4)51(67)62-76(71,72)39-23-45(66(69)70)50(59-28-39)58-27-36-12-14-53(3,68)15-13-36/h6-11,22-24,28-29,35-36,38,46,68H,12-21,25-27,30-34H2,1-5H3,(H,58,59)(H,60,61)(H,62,67)/t36?,46-,53?,55?,56?/m0/s1. The Kier molecular flexibility index (Phi) is 13.6. The summed E-state index contributed by atoms with van der Waals surface area (Å²) in [5.41, 5.74) is 3.07. The SMILES string of the molecule is COc1nc2[nH]cc(F)c2cc1Oc1cc(N2CCC3(CC2)CC(N2CCN(CC45CC(OC)(C4)C5)C[C@H]2c2ccccc2C(C)C)C3)ccc1C(=O)NS(=O)(=O)c1cnc(NCC2CCC(C)(O)CC2)c([N+](=O)[O-])c1. The number of aromatic amines is 1. The first-order valence-corrected chi connectivity index (χ1v) is 28.3. The highest BCUT2D eigenvalue weighted by Crippen LogP contribution is 2.69. The third-order valence-corrected chi connectivity index (χ3v) is 19.3. The van der Waals surface area contributed by atoms with Gasteiger partial charge in [0.2, 0.25) is 5.82 Å². The van der Waals surface area contributed by atoms with E-state index in [4.69, 9.17) is 14.2 Å². The average Bonchev–Trinajstić information content (AvgIpc) is 3.73. The highest BCUT2D eigenvalue weighted by atomic mass is 32.2. The van der Waals surface area contributed by atoms with Crippen LogP contribution in [-0.2, 0) is 14.8 Å². The molecule has 18 nitrogen and oxygen atoms in total. The number of nitro groups is 1. The van der Waals surface area contributed by atoms with Gasteiger partial charge in [0.25, 0.3) is 21.8 Å². The van der Waals surface area contributed by atoms with Crippen LogP contribution in [0.25, 0.3) is 11.0 Å². The van der Waals surface area contributed by atoms with Crippen molar-refractivity contribution in [1.29, 1.82) is 0 Å². The van der Waals surface area contributed by atoms with Crippen molar-refractivity contribution in [1.82, 2.24) is 29.5 Å². The highest BCUT2D eigenvalue weighted by Gasteiger charge is 2.68. The van der Waals surface area contributed by atoms with Crippen LogP contribution < -0.4 is 24.4 Å². The van der Waals surface area contributed by atoms with Gasteiger partial charge >= 0.3 is 5.69 Å². The Morgan fingerprint density at radius 3 is 2.43 bits per heavy atom. The summed E-state index contributed by atoms with van der Waals surface area (Å²) in [5.74, 6) is -1.29. The molecule has 2 bridgehead atoms. The molecule has 0 radical (unpaired) electrons. The molecule has 5 aromatic rings. The molecule has 0 unspecified atom stereocenters. The molecule has 5 saturated carbocycles. The lowest BCUT2D eigenvalue weighted by atomic mass is 9.41.